The molecule has 0 bridgehead atoms. The first kappa shape index (κ1) is 14.0. The molecule has 3 N–H and O–H groups in total. The zero-order valence-electron chi connectivity index (χ0n) is 9.28. The third kappa shape index (κ3) is 5.46. The minimum Gasteiger partial charge on any atom is -0.383 e. The highest BCUT2D eigenvalue weighted by molar-refractivity contribution is 5.89. The fourth-order valence-corrected chi connectivity index (χ4v) is 0.961. The topological polar surface area (TPSA) is 90.7 Å². The van der Waals surface area contributed by atoms with Gasteiger partial charge in [0.25, 0.3) is 0 Å². The molecule has 0 saturated heterocycles. The average Bonchev–Trinajstić information content (AvgIpc) is 2.17. The lowest BCUT2D eigenvalue weighted by Gasteiger charge is -2.17. The Morgan fingerprint density at radius 1 is 1.27 bits per heavy atom. The van der Waals surface area contributed by atoms with E-state index in [9.17, 15) is 9.59 Å². The van der Waals surface area contributed by atoms with E-state index in [2.05, 4.69) is 5.32 Å². The smallest absolute Gasteiger partial charge is 0.239 e. The molecular formula is C9H18N2O4. The van der Waals surface area contributed by atoms with Gasteiger partial charge in [0.15, 0.2) is 5.78 Å². The van der Waals surface area contributed by atoms with E-state index in [1.807, 2.05) is 0 Å². The van der Waals surface area contributed by atoms with Crippen LogP contribution in [0, 0.1) is 0 Å². The van der Waals surface area contributed by atoms with Crippen LogP contribution in [0.15, 0.2) is 0 Å². The van der Waals surface area contributed by atoms with Crippen molar-refractivity contribution in [3.8, 4) is 0 Å². The number of nitrogens with one attached hydrogen (secondary N) is 1. The van der Waals surface area contributed by atoms with Crippen molar-refractivity contribution in [2.75, 3.05) is 27.4 Å². The molecule has 0 saturated carbocycles. The normalized spacial score (nSPS) is 14.4. The predicted octanol–water partition coefficient (Wildman–Crippen LogP) is -1.32. The van der Waals surface area contributed by atoms with Gasteiger partial charge in [-0.2, -0.15) is 0 Å². The van der Waals surface area contributed by atoms with Crippen LogP contribution in [0.25, 0.3) is 0 Å². The quantitative estimate of drug-likeness (QED) is 0.553. The van der Waals surface area contributed by atoms with Crippen molar-refractivity contribution in [2.24, 2.45) is 5.73 Å². The van der Waals surface area contributed by atoms with E-state index >= 15 is 0 Å². The molecule has 0 spiro atoms. The lowest BCUT2D eigenvalue weighted by molar-refractivity contribution is -0.129. The Bertz CT molecular complexity index is 220. The van der Waals surface area contributed by atoms with Crippen molar-refractivity contribution in [3.05, 3.63) is 0 Å². The second-order valence-electron chi connectivity index (χ2n) is 3.19. The summed E-state index contributed by atoms with van der Waals surface area (Å²) in [6, 6.07) is -1.42. The van der Waals surface area contributed by atoms with Gasteiger partial charge in [-0.25, -0.2) is 0 Å². The number of ketones is 1. The van der Waals surface area contributed by atoms with Gasteiger partial charge in [-0.1, -0.05) is 0 Å². The maximum atomic E-state index is 11.4. The first-order chi connectivity index (χ1) is 7.02. The molecule has 88 valence electrons. The molecule has 0 heterocycles. The fourth-order valence-electron chi connectivity index (χ4n) is 0.961. The van der Waals surface area contributed by atoms with Gasteiger partial charge in [0, 0.05) is 14.2 Å². The summed E-state index contributed by atoms with van der Waals surface area (Å²) in [5, 5.41) is 2.48. The molecule has 0 fully saturated rings. The van der Waals surface area contributed by atoms with Gasteiger partial charge in [-0.05, 0) is 6.92 Å². The molecular weight excluding hydrogens is 200 g/mol. The zero-order chi connectivity index (χ0) is 11.8. The van der Waals surface area contributed by atoms with Crippen LogP contribution in [0.1, 0.15) is 6.92 Å². The summed E-state index contributed by atoms with van der Waals surface area (Å²) in [5.74, 6) is -0.594. The molecule has 0 aromatic heterocycles. The first-order valence-corrected chi connectivity index (χ1v) is 4.57. The van der Waals surface area contributed by atoms with Gasteiger partial charge in [0.1, 0.15) is 12.1 Å². The van der Waals surface area contributed by atoms with Gasteiger partial charge in [0.2, 0.25) is 5.91 Å². The summed E-state index contributed by atoms with van der Waals surface area (Å²) in [6.07, 6.45) is 0. The number of hydrogen-bond donors (Lipinski definition) is 2. The van der Waals surface area contributed by atoms with Crippen LogP contribution in [0.3, 0.4) is 0 Å². The fraction of sp³-hybridized carbons (Fsp3) is 0.778. The van der Waals surface area contributed by atoms with Crippen molar-refractivity contribution in [1.29, 1.82) is 0 Å². The molecule has 1 amide bonds. The minimum absolute atomic E-state index is 0.115. The Kier molecular flexibility index (Phi) is 6.85. The van der Waals surface area contributed by atoms with Crippen LogP contribution < -0.4 is 11.1 Å². The molecule has 0 rings (SSSR count). The minimum atomic E-state index is -0.770. The number of hydrogen-bond acceptors (Lipinski definition) is 5. The van der Waals surface area contributed by atoms with Crippen molar-refractivity contribution in [3.63, 3.8) is 0 Å². The number of Topliss-reactive ketones (excluding diaryl/α,β-unsaturated/α-hetero) is 1. The highest BCUT2D eigenvalue weighted by Crippen LogP contribution is 1.90. The molecule has 6 nitrogen and oxygen atoms in total. The number of ether oxygens (including phenoxy) is 2. The van der Waals surface area contributed by atoms with E-state index in [0.717, 1.165) is 0 Å². The maximum absolute atomic E-state index is 11.4. The van der Waals surface area contributed by atoms with E-state index in [1.165, 1.54) is 21.1 Å². The van der Waals surface area contributed by atoms with Crippen molar-refractivity contribution < 1.29 is 19.1 Å². The monoisotopic (exact) mass is 218 g/mol. The Labute approximate surface area is 89.1 Å². The molecule has 0 radical (unpaired) electrons. The molecule has 6 heteroatoms. The summed E-state index contributed by atoms with van der Waals surface area (Å²) in [6.45, 7) is 1.63. The highest BCUT2D eigenvalue weighted by atomic mass is 16.5. The summed E-state index contributed by atoms with van der Waals surface area (Å²) < 4.78 is 9.52. The molecule has 0 aliphatic heterocycles. The lowest BCUT2D eigenvalue weighted by Crippen LogP contribution is -2.51. The highest BCUT2D eigenvalue weighted by Gasteiger charge is 2.20. The van der Waals surface area contributed by atoms with Gasteiger partial charge < -0.3 is 20.5 Å². The Morgan fingerprint density at radius 2 is 1.80 bits per heavy atom. The molecule has 0 aromatic rings. The van der Waals surface area contributed by atoms with Crippen LogP contribution >= 0.6 is 0 Å². The van der Waals surface area contributed by atoms with Crippen molar-refractivity contribution >= 4 is 11.7 Å². The Morgan fingerprint density at radius 3 is 2.20 bits per heavy atom. The molecule has 15 heavy (non-hydrogen) atoms. The van der Waals surface area contributed by atoms with Crippen LogP contribution in [-0.4, -0.2) is 51.2 Å². The van der Waals surface area contributed by atoms with Crippen LogP contribution in [0.4, 0.5) is 0 Å². The third-order valence-electron chi connectivity index (χ3n) is 1.82. The first-order valence-electron chi connectivity index (χ1n) is 4.57. The summed E-state index contributed by atoms with van der Waals surface area (Å²) >= 11 is 0. The van der Waals surface area contributed by atoms with Gasteiger partial charge >= 0.3 is 0 Å². The van der Waals surface area contributed by atoms with Crippen LogP contribution in [-0.2, 0) is 19.1 Å². The van der Waals surface area contributed by atoms with E-state index in [-0.39, 0.29) is 19.0 Å². The van der Waals surface area contributed by atoms with Gasteiger partial charge in [-0.3, -0.25) is 9.59 Å². The van der Waals surface area contributed by atoms with Crippen LogP contribution in [0.2, 0.25) is 0 Å². The Balaban J connectivity index is 4.15. The van der Waals surface area contributed by atoms with Crippen LogP contribution in [0.5, 0.6) is 0 Å². The molecule has 0 unspecified atom stereocenters. The van der Waals surface area contributed by atoms with Crippen molar-refractivity contribution in [1.82, 2.24) is 5.32 Å². The van der Waals surface area contributed by atoms with E-state index in [0.29, 0.717) is 0 Å². The second-order valence-corrected chi connectivity index (χ2v) is 3.19. The number of methoxy groups -OCH3 is 2. The van der Waals surface area contributed by atoms with Crippen molar-refractivity contribution in [2.45, 2.75) is 19.0 Å². The predicted molar refractivity (Wildman–Crippen MR) is 54.3 cm³/mol. The second kappa shape index (κ2) is 7.33. The molecule has 2 atom stereocenters. The molecule has 0 aliphatic rings. The number of nitrogens with two attached hydrogens (primary N) is 1. The van der Waals surface area contributed by atoms with E-state index < -0.39 is 18.0 Å². The number of amides is 1. The van der Waals surface area contributed by atoms with Gasteiger partial charge in [-0.15, -0.1) is 0 Å². The van der Waals surface area contributed by atoms with E-state index in [1.54, 1.807) is 0 Å². The summed E-state index contributed by atoms with van der Waals surface area (Å²) in [7, 11) is 2.90. The molecule has 0 aromatic carbocycles. The maximum Gasteiger partial charge on any atom is 0.239 e. The number of carbonyl (C=O) groups is 2. The van der Waals surface area contributed by atoms with Gasteiger partial charge in [0.05, 0.1) is 13.2 Å². The lowest BCUT2D eigenvalue weighted by atomic mass is 10.2. The number of carbonyl (C=O) groups excluding carboxylic acids is 2. The molecule has 0 aliphatic carbocycles. The zero-order valence-corrected chi connectivity index (χ0v) is 9.28. The average molecular weight is 218 g/mol. The summed E-state index contributed by atoms with van der Waals surface area (Å²) in [4.78, 5) is 22.5. The van der Waals surface area contributed by atoms with E-state index in [4.69, 9.17) is 15.2 Å². The standard InChI is InChI=1S/C9H18N2O4/c1-6(12)8(5-15-3)11-9(13)7(10)4-14-2/h7-8H,4-5,10H2,1-3H3,(H,11,13)/t7-,8-/m0/s1. The third-order valence-corrected chi connectivity index (χ3v) is 1.82. The largest absolute Gasteiger partial charge is 0.383 e. The summed E-state index contributed by atoms with van der Waals surface area (Å²) in [5.41, 5.74) is 5.48. The SMILES string of the molecule is COC[C@H](NC(=O)[C@@H](N)COC)C(C)=O. The number of rotatable bonds is 7. The Hall–Kier alpha value is -0.980.